The zero-order chi connectivity index (χ0) is 20.6. The van der Waals surface area contributed by atoms with E-state index in [0.717, 1.165) is 42.6 Å². The predicted octanol–water partition coefficient (Wildman–Crippen LogP) is 3.43. The maximum atomic E-state index is 12.7. The van der Waals surface area contributed by atoms with Crippen LogP contribution in [-0.4, -0.2) is 49.8 Å². The lowest BCUT2D eigenvalue weighted by atomic mass is 10.2. The van der Waals surface area contributed by atoms with Crippen molar-refractivity contribution in [2.24, 2.45) is 4.99 Å². The van der Waals surface area contributed by atoms with Crippen LogP contribution in [0.25, 0.3) is 0 Å². The van der Waals surface area contributed by atoms with Gasteiger partial charge in [0.1, 0.15) is 5.75 Å². The summed E-state index contributed by atoms with van der Waals surface area (Å²) in [7, 11) is 0. The van der Waals surface area contributed by atoms with Crippen LogP contribution in [0.5, 0.6) is 5.75 Å². The predicted molar refractivity (Wildman–Crippen MR) is 113 cm³/mol. The number of para-hydroxylation sites is 2. The molecule has 1 aliphatic heterocycles. The summed E-state index contributed by atoms with van der Waals surface area (Å²) in [5.74, 6) is 0.977. The molecule has 0 radical (unpaired) electrons. The molecule has 0 bridgehead atoms. The molecule has 2 heterocycles. The summed E-state index contributed by atoms with van der Waals surface area (Å²) >= 11 is 1.65. The largest absolute Gasteiger partial charge is 0.433 e. The number of nitrogens with one attached hydrogen (secondary N) is 2. The van der Waals surface area contributed by atoms with Gasteiger partial charge in [-0.2, -0.15) is 8.78 Å². The minimum atomic E-state index is -2.83. The summed E-state index contributed by atoms with van der Waals surface area (Å²) in [6, 6.07) is 7.10. The van der Waals surface area contributed by atoms with Crippen molar-refractivity contribution in [3.63, 3.8) is 0 Å². The Morgan fingerprint density at radius 1 is 1.41 bits per heavy atom. The molecule has 158 valence electrons. The minimum absolute atomic E-state index is 0.175. The summed E-state index contributed by atoms with van der Waals surface area (Å²) < 4.78 is 30.0. The van der Waals surface area contributed by atoms with Crippen molar-refractivity contribution < 1.29 is 13.5 Å². The van der Waals surface area contributed by atoms with Crippen LogP contribution in [-0.2, 0) is 6.42 Å². The number of ether oxygens (including phenoxy) is 1. The van der Waals surface area contributed by atoms with Crippen molar-refractivity contribution in [3.8, 4) is 5.75 Å². The van der Waals surface area contributed by atoms with Crippen molar-refractivity contribution >= 4 is 23.0 Å². The lowest BCUT2D eigenvalue weighted by Crippen LogP contribution is -2.44. The van der Waals surface area contributed by atoms with Crippen molar-refractivity contribution in [1.29, 1.82) is 0 Å². The molecule has 2 aromatic rings. The number of hydrogen-bond donors (Lipinski definition) is 2. The number of alkyl halides is 2. The van der Waals surface area contributed by atoms with Crippen molar-refractivity contribution in [3.05, 3.63) is 40.3 Å². The Morgan fingerprint density at radius 2 is 2.24 bits per heavy atom. The molecular formula is C20H27F2N5OS. The number of anilines is 1. The third kappa shape index (κ3) is 6.28. The first kappa shape index (κ1) is 21.3. The Labute approximate surface area is 174 Å². The monoisotopic (exact) mass is 423 g/mol. The van der Waals surface area contributed by atoms with E-state index >= 15 is 0 Å². The fraction of sp³-hybridized carbons (Fsp3) is 0.500. The molecule has 1 fully saturated rings. The Balaban J connectivity index is 1.57. The SMILES string of the molecule is CCNC(=NCCc1csc(C)n1)NC1CCN(c2ccccc2OC(F)F)C1. The fourth-order valence-corrected chi connectivity index (χ4v) is 3.98. The first-order chi connectivity index (χ1) is 14.0. The first-order valence-corrected chi connectivity index (χ1v) is 10.7. The van der Waals surface area contributed by atoms with E-state index in [4.69, 9.17) is 0 Å². The number of aryl methyl sites for hydroxylation is 1. The van der Waals surface area contributed by atoms with Gasteiger partial charge in [0.2, 0.25) is 0 Å². The Bertz CT molecular complexity index is 814. The second-order valence-electron chi connectivity index (χ2n) is 6.79. The standard InChI is InChI=1S/C20H27F2N5OS/c1-3-23-20(24-10-8-16-13-29-14(2)25-16)26-15-9-11-27(12-15)17-6-4-5-7-18(17)28-19(21)22/h4-7,13,15,19H,3,8-12H2,1-2H3,(H2,23,24,26). The van der Waals surface area contributed by atoms with Gasteiger partial charge in [-0.15, -0.1) is 11.3 Å². The summed E-state index contributed by atoms with van der Waals surface area (Å²) in [6.07, 6.45) is 1.69. The van der Waals surface area contributed by atoms with Gasteiger partial charge in [-0.3, -0.25) is 4.99 Å². The summed E-state index contributed by atoms with van der Waals surface area (Å²) in [4.78, 5) is 11.2. The molecule has 0 amide bonds. The molecule has 1 saturated heterocycles. The molecule has 2 N–H and O–H groups in total. The second kappa shape index (κ2) is 10.4. The Hall–Kier alpha value is -2.42. The van der Waals surface area contributed by atoms with Crippen LogP contribution in [0.15, 0.2) is 34.6 Å². The van der Waals surface area contributed by atoms with E-state index < -0.39 is 6.61 Å². The number of aromatic nitrogens is 1. The number of aliphatic imine (C=N–C) groups is 1. The molecule has 3 rings (SSSR count). The zero-order valence-corrected chi connectivity index (χ0v) is 17.5. The van der Waals surface area contributed by atoms with Gasteiger partial charge in [0.05, 0.1) is 16.4 Å². The first-order valence-electron chi connectivity index (χ1n) is 9.79. The molecule has 0 saturated carbocycles. The van der Waals surface area contributed by atoms with E-state index in [1.807, 2.05) is 26.0 Å². The van der Waals surface area contributed by atoms with Gasteiger partial charge < -0.3 is 20.3 Å². The molecule has 1 aliphatic rings. The highest BCUT2D eigenvalue weighted by Crippen LogP contribution is 2.31. The van der Waals surface area contributed by atoms with Crippen molar-refractivity contribution in [1.82, 2.24) is 15.6 Å². The van der Waals surface area contributed by atoms with Gasteiger partial charge in [0.15, 0.2) is 5.96 Å². The molecular weight excluding hydrogens is 396 g/mol. The molecule has 29 heavy (non-hydrogen) atoms. The molecule has 1 aromatic heterocycles. The van der Waals surface area contributed by atoms with Gasteiger partial charge in [0, 0.05) is 44.0 Å². The molecule has 1 atom stereocenters. The molecule has 0 spiro atoms. The van der Waals surface area contributed by atoms with Crippen LogP contribution in [0.1, 0.15) is 24.0 Å². The topological polar surface area (TPSA) is 61.8 Å². The third-order valence-electron chi connectivity index (χ3n) is 4.60. The van der Waals surface area contributed by atoms with Crippen LogP contribution in [0, 0.1) is 6.92 Å². The highest BCUT2D eigenvalue weighted by atomic mass is 32.1. The lowest BCUT2D eigenvalue weighted by molar-refractivity contribution is -0.0495. The Kier molecular flexibility index (Phi) is 7.62. The number of guanidine groups is 1. The number of nitrogens with zero attached hydrogens (tertiary/aromatic N) is 3. The highest BCUT2D eigenvalue weighted by molar-refractivity contribution is 7.09. The lowest BCUT2D eigenvalue weighted by Gasteiger charge is -2.22. The molecule has 9 heteroatoms. The Morgan fingerprint density at radius 3 is 2.97 bits per heavy atom. The van der Waals surface area contributed by atoms with E-state index in [9.17, 15) is 8.78 Å². The van der Waals surface area contributed by atoms with Gasteiger partial charge in [-0.25, -0.2) is 4.98 Å². The van der Waals surface area contributed by atoms with E-state index in [0.29, 0.717) is 18.8 Å². The number of benzene rings is 1. The fourth-order valence-electron chi connectivity index (χ4n) is 3.33. The number of hydrogen-bond acceptors (Lipinski definition) is 5. The van der Waals surface area contributed by atoms with Crippen LogP contribution >= 0.6 is 11.3 Å². The van der Waals surface area contributed by atoms with Gasteiger partial charge in [-0.05, 0) is 32.4 Å². The van der Waals surface area contributed by atoms with E-state index in [-0.39, 0.29) is 11.8 Å². The summed E-state index contributed by atoms with van der Waals surface area (Å²) in [5, 5.41) is 9.86. The minimum Gasteiger partial charge on any atom is -0.433 e. The smallest absolute Gasteiger partial charge is 0.387 e. The van der Waals surface area contributed by atoms with Crippen LogP contribution in [0.3, 0.4) is 0 Å². The van der Waals surface area contributed by atoms with Crippen LogP contribution < -0.4 is 20.3 Å². The molecule has 1 aromatic carbocycles. The summed E-state index contributed by atoms with van der Waals surface area (Å²) in [6.45, 7) is 4.07. The maximum Gasteiger partial charge on any atom is 0.387 e. The average Bonchev–Trinajstić information content (AvgIpc) is 3.31. The number of rotatable bonds is 8. The second-order valence-corrected chi connectivity index (χ2v) is 7.85. The molecule has 0 aliphatic carbocycles. The molecule has 6 nitrogen and oxygen atoms in total. The molecule has 1 unspecified atom stereocenters. The van der Waals surface area contributed by atoms with E-state index in [1.54, 1.807) is 23.5 Å². The third-order valence-corrected chi connectivity index (χ3v) is 5.42. The zero-order valence-electron chi connectivity index (χ0n) is 16.7. The average molecular weight is 424 g/mol. The van der Waals surface area contributed by atoms with Crippen LogP contribution in [0.2, 0.25) is 0 Å². The summed E-state index contributed by atoms with van der Waals surface area (Å²) in [5.41, 5.74) is 1.76. The van der Waals surface area contributed by atoms with Gasteiger partial charge in [0.25, 0.3) is 0 Å². The van der Waals surface area contributed by atoms with E-state index in [2.05, 4.69) is 35.6 Å². The van der Waals surface area contributed by atoms with Crippen molar-refractivity contribution in [2.45, 2.75) is 39.3 Å². The maximum absolute atomic E-state index is 12.7. The number of thiazole rings is 1. The van der Waals surface area contributed by atoms with E-state index in [1.165, 1.54) is 0 Å². The van der Waals surface area contributed by atoms with Crippen LogP contribution in [0.4, 0.5) is 14.5 Å². The highest BCUT2D eigenvalue weighted by Gasteiger charge is 2.26. The van der Waals surface area contributed by atoms with Gasteiger partial charge in [-0.1, -0.05) is 12.1 Å². The normalized spacial score (nSPS) is 17.1. The van der Waals surface area contributed by atoms with Gasteiger partial charge >= 0.3 is 6.61 Å². The van der Waals surface area contributed by atoms with Crippen molar-refractivity contribution in [2.75, 3.05) is 31.1 Å². The number of halogens is 2. The quantitative estimate of drug-likeness (QED) is 0.503.